The van der Waals surface area contributed by atoms with Crippen molar-refractivity contribution in [2.75, 3.05) is 11.3 Å². The van der Waals surface area contributed by atoms with Gasteiger partial charge >= 0.3 is 0 Å². The van der Waals surface area contributed by atoms with Crippen molar-refractivity contribution in [2.45, 2.75) is 44.4 Å². The Bertz CT molecular complexity index is 842. The maximum atomic E-state index is 13.8. The summed E-state index contributed by atoms with van der Waals surface area (Å²) in [5, 5.41) is 0. The number of rotatable bonds is 6. The average Bonchev–Trinajstić information content (AvgIpc) is 2.54. The SMILES string of the molecule is CCCOc1ccc(C(C)(C)C)cc1S(=O)(=O)Nc1ccccc1F. The van der Waals surface area contributed by atoms with E-state index in [4.69, 9.17) is 4.74 Å². The first-order valence-electron chi connectivity index (χ1n) is 8.20. The highest BCUT2D eigenvalue weighted by molar-refractivity contribution is 7.92. The van der Waals surface area contributed by atoms with Crippen LogP contribution in [-0.4, -0.2) is 15.0 Å². The van der Waals surface area contributed by atoms with Crippen molar-refractivity contribution in [2.24, 2.45) is 0 Å². The summed E-state index contributed by atoms with van der Waals surface area (Å²) in [5.41, 5.74) is 0.529. The van der Waals surface area contributed by atoms with Crippen LogP contribution in [-0.2, 0) is 15.4 Å². The van der Waals surface area contributed by atoms with Crippen LogP contribution in [0.5, 0.6) is 5.75 Å². The van der Waals surface area contributed by atoms with E-state index in [2.05, 4.69) is 4.72 Å². The van der Waals surface area contributed by atoms with E-state index in [1.54, 1.807) is 18.2 Å². The predicted octanol–water partition coefficient (Wildman–Crippen LogP) is 4.71. The van der Waals surface area contributed by atoms with Gasteiger partial charge in [0.2, 0.25) is 0 Å². The number of para-hydroxylation sites is 1. The molecule has 2 rings (SSSR count). The summed E-state index contributed by atoms with van der Waals surface area (Å²) in [7, 11) is -3.99. The zero-order chi connectivity index (χ0) is 18.7. The molecule has 0 aromatic heterocycles. The molecule has 0 aliphatic heterocycles. The summed E-state index contributed by atoms with van der Waals surface area (Å²) >= 11 is 0. The second kappa shape index (κ2) is 7.44. The molecule has 6 heteroatoms. The Morgan fingerprint density at radius 3 is 2.40 bits per heavy atom. The number of hydrogen-bond acceptors (Lipinski definition) is 3. The summed E-state index contributed by atoms with van der Waals surface area (Å²) in [4.78, 5) is 0.0108. The summed E-state index contributed by atoms with van der Waals surface area (Å²) < 4.78 is 47.5. The number of halogens is 1. The molecule has 0 spiro atoms. The third kappa shape index (κ3) is 4.72. The third-order valence-corrected chi connectivity index (χ3v) is 5.07. The molecule has 0 radical (unpaired) electrons. The Morgan fingerprint density at radius 2 is 1.80 bits per heavy atom. The van der Waals surface area contributed by atoms with Crippen LogP contribution in [0.3, 0.4) is 0 Å². The molecule has 0 amide bonds. The van der Waals surface area contributed by atoms with Gasteiger partial charge in [-0.1, -0.05) is 45.9 Å². The van der Waals surface area contributed by atoms with E-state index in [0.29, 0.717) is 6.61 Å². The topological polar surface area (TPSA) is 55.4 Å². The maximum absolute atomic E-state index is 13.8. The highest BCUT2D eigenvalue weighted by Crippen LogP contribution is 2.32. The van der Waals surface area contributed by atoms with Crippen molar-refractivity contribution in [3.63, 3.8) is 0 Å². The molecule has 4 nitrogen and oxygen atoms in total. The van der Waals surface area contributed by atoms with Crippen LogP contribution < -0.4 is 9.46 Å². The number of ether oxygens (including phenoxy) is 1. The van der Waals surface area contributed by atoms with Crippen molar-refractivity contribution >= 4 is 15.7 Å². The molecule has 0 saturated carbocycles. The lowest BCUT2D eigenvalue weighted by Crippen LogP contribution is -2.18. The second-order valence-corrected chi connectivity index (χ2v) is 8.50. The highest BCUT2D eigenvalue weighted by atomic mass is 32.2. The number of benzene rings is 2. The first-order chi connectivity index (χ1) is 11.6. The molecule has 1 N–H and O–H groups in total. The number of sulfonamides is 1. The van der Waals surface area contributed by atoms with Crippen LogP contribution in [0.1, 0.15) is 39.7 Å². The van der Waals surface area contributed by atoms with Crippen molar-refractivity contribution in [1.29, 1.82) is 0 Å². The van der Waals surface area contributed by atoms with Gasteiger partial charge in [0.15, 0.2) is 0 Å². The molecule has 0 aliphatic rings. The van der Waals surface area contributed by atoms with E-state index in [9.17, 15) is 12.8 Å². The zero-order valence-corrected chi connectivity index (χ0v) is 15.8. The minimum Gasteiger partial charge on any atom is -0.492 e. The molecule has 136 valence electrons. The lowest BCUT2D eigenvalue weighted by Gasteiger charge is -2.21. The Labute approximate surface area is 149 Å². The van der Waals surface area contributed by atoms with Crippen LogP contribution in [0, 0.1) is 5.82 Å². The molecule has 0 fully saturated rings. The zero-order valence-electron chi connectivity index (χ0n) is 15.0. The quantitative estimate of drug-likeness (QED) is 0.806. The maximum Gasteiger partial charge on any atom is 0.265 e. The molecular weight excluding hydrogens is 341 g/mol. The van der Waals surface area contributed by atoms with E-state index in [1.807, 2.05) is 33.8 Å². The molecule has 2 aromatic carbocycles. The minimum absolute atomic E-state index is 0.0108. The summed E-state index contributed by atoms with van der Waals surface area (Å²) in [6, 6.07) is 10.8. The fraction of sp³-hybridized carbons (Fsp3) is 0.368. The Balaban J connectivity index is 2.51. The Kier molecular flexibility index (Phi) is 5.72. The molecule has 0 atom stereocenters. The standard InChI is InChI=1S/C19H24FNO3S/c1-5-12-24-17-11-10-14(19(2,3)4)13-18(17)25(22,23)21-16-9-7-6-8-15(16)20/h6-11,13,21H,5,12H2,1-4H3. The smallest absolute Gasteiger partial charge is 0.265 e. The fourth-order valence-corrected chi connectivity index (χ4v) is 3.50. The fourth-order valence-electron chi connectivity index (χ4n) is 2.26. The van der Waals surface area contributed by atoms with Crippen LogP contribution in [0.4, 0.5) is 10.1 Å². The minimum atomic E-state index is -3.99. The van der Waals surface area contributed by atoms with Crippen molar-refractivity contribution in [3.8, 4) is 5.75 Å². The molecule has 0 unspecified atom stereocenters. The van der Waals surface area contributed by atoms with Crippen molar-refractivity contribution in [3.05, 3.63) is 53.8 Å². The highest BCUT2D eigenvalue weighted by Gasteiger charge is 2.24. The van der Waals surface area contributed by atoms with Crippen molar-refractivity contribution in [1.82, 2.24) is 0 Å². The average molecular weight is 365 g/mol. The van der Waals surface area contributed by atoms with Crippen LogP contribution >= 0.6 is 0 Å². The molecule has 25 heavy (non-hydrogen) atoms. The number of anilines is 1. The van der Waals surface area contributed by atoms with E-state index in [0.717, 1.165) is 12.0 Å². The van der Waals surface area contributed by atoms with E-state index >= 15 is 0 Å². The van der Waals surface area contributed by atoms with Gasteiger partial charge in [-0.3, -0.25) is 4.72 Å². The molecular formula is C19H24FNO3S. The summed E-state index contributed by atoms with van der Waals surface area (Å²) in [6.45, 7) is 8.33. The largest absolute Gasteiger partial charge is 0.492 e. The summed E-state index contributed by atoms with van der Waals surface area (Å²) in [5.74, 6) is -0.368. The Morgan fingerprint density at radius 1 is 1.12 bits per heavy atom. The predicted molar refractivity (Wildman–Crippen MR) is 98.1 cm³/mol. The molecule has 0 heterocycles. The lowest BCUT2D eigenvalue weighted by atomic mass is 9.87. The monoisotopic (exact) mass is 365 g/mol. The van der Waals surface area contributed by atoms with Gasteiger partial charge in [-0.05, 0) is 41.7 Å². The first kappa shape index (κ1) is 19.2. The van der Waals surface area contributed by atoms with E-state index in [1.165, 1.54) is 18.2 Å². The molecule has 0 bridgehead atoms. The van der Waals surface area contributed by atoms with Crippen LogP contribution in [0.15, 0.2) is 47.4 Å². The van der Waals surface area contributed by atoms with Gasteiger partial charge in [0, 0.05) is 0 Å². The van der Waals surface area contributed by atoms with Gasteiger partial charge in [0.1, 0.15) is 16.5 Å². The first-order valence-corrected chi connectivity index (χ1v) is 9.68. The lowest BCUT2D eigenvalue weighted by molar-refractivity contribution is 0.309. The van der Waals surface area contributed by atoms with Crippen LogP contribution in [0.25, 0.3) is 0 Å². The number of nitrogens with one attached hydrogen (secondary N) is 1. The molecule has 0 saturated heterocycles. The van der Waals surface area contributed by atoms with Crippen molar-refractivity contribution < 1.29 is 17.5 Å². The van der Waals surface area contributed by atoms with Gasteiger partial charge < -0.3 is 4.74 Å². The summed E-state index contributed by atoms with van der Waals surface area (Å²) in [6.07, 6.45) is 0.751. The van der Waals surface area contributed by atoms with Crippen LogP contribution in [0.2, 0.25) is 0 Å². The van der Waals surface area contributed by atoms with Gasteiger partial charge in [0.05, 0.1) is 12.3 Å². The van der Waals surface area contributed by atoms with Gasteiger partial charge in [-0.25, -0.2) is 12.8 Å². The van der Waals surface area contributed by atoms with E-state index in [-0.39, 0.29) is 21.7 Å². The number of hydrogen-bond donors (Lipinski definition) is 1. The van der Waals surface area contributed by atoms with Gasteiger partial charge in [0.25, 0.3) is 10.0 Å². The van der Waals surface area contributed by atoms with E-state index < -0.39 is 15.8 Å². The van der Waals surface area contributed by atoms with Gasteiger partial charge in [-0.15, -0.1) is 0 Å². The Hall–Kier alpha value is -2.08. The molecule has 0 aliphatic carbocycles. The molecule has 2 aromatic rings. The normalized spacial score (nSPS) is 12.0. The van der Waals surface area contributed by atoms with Gasteiger partial charge in [-0.2, -0.15) is 0 Å². The second-order valence-electron chi connectivity index (χ2n) is 6.85. The third-order valence-electron chi connectivity index (χ3n) is 3.68.